The van der Waals surface area contributed by atoms with Crippen molar-refractivity contribution in [1.29, 1.82) is 0 Å². The van der Waals surface area contributed by atoms with Crippen LogP contribution in [0.3, 0.4) is 0 Å². The Morgan fingerprint density at radius 3 is 2.67 bits per heavy atom. The van der Waals surface area contributed by atoms with Crippen molar-refractivity contribution in [2.75, 3.05) is 27.3 Å². The smallest absolute Gasteiger partial charge is 0.0900 e. The van der Waals surface area contributed by atoms with Crippen LogP contribution in [0, 0.1) is 5.92 Å². The van der Waals surface area contributed by atoms with E-state index in [1.165, 1.54) is 25.7 Å². The van der Waals surface area contributed by atoms with E-state index in [-0.39, 0.29) is 6.10 Å². The predicted molar refractivity (Wildman–Crippen MR) is 61.9 cm³/mol. The van der Waals surface area contributed by atoms with E-state index in [9.17, 15) is 5.11 Å². The minimum Gasteiger partial charge on any atom is -0.389 e. The molecule has 0 saturated heterocycles. The molecule has 0 heterocycles. The maximum atomic E-state index is 9.67. The van der Waals surface area contributed by atoms with Gasteiger partial charge in [0.05, 0.1) is 12.7 Å². The average molecular weight is 215 g/mol. The molecule has 0 amide bonds. The summed E-state index contributed by atoms with van der Waals surface area (Å²) in [4.78, 5) is 2.30. The topological polar surface area (TPSA) is 32.7 Å². The molecule has 1 aliphatic rings. The van der Waals surface area contributed by atoms with E-state index in [2.05, 4.69) is 18.9 Å². The Hall–Kier alpha value is -0.120. The van der Waals surface area contributed by atoms with Gasteiger partial charge < -0.3 is 14.7 Å². The molecule has 0 aromatic heterocycles. The van der Waals surface area contributed by atoms with E-state index in [1.54, 1.807) is 7.11 Å². The fourth-order valence-corrected chi connectivity index (χ4v) is 2.66. The van der Waals surface area contributed by atoms with Gasteiger partial charge in [-0.2, -0.15) is 0 Å². The molecule has 0 aromatic rings. The summed E-state index contributed by atoms with van der Waals surface area (Å²) in [5.41, 5.74) is 0. The number of aliphatic hydroxyl groups is 1. The van der Waals surface area contributed by atoms with E-state index in [1.807, 2.05) is 0 Å². The van der Waals surface area contributed by atoms with Gasteiger partial charge in [-0.3, -0.25) is 0 Å². The van der Waals surface area contributed by atoms with E-state index >= 15 is 0 Å². The lowest BCUT2D eigenvalue weighted by atomic mass is 9.85. The first-order valence-electron chi connectivity index (χ1n) is 6.02. The van der Waals surface area contributed by atoms with Crippen molar-refractivity contribution in [2.24, 2.45) is 5.92 Å². The molecule has 1 N–H and O–H groups in total. The second-order valence-corrected chi connectivity index (χ2v) is 4.88. The minimum atomic E-state index is -0.353. The second kappa shape index (κ2) is 6.46. The Balaban J connectivity index is 2.34. The Kier molecular flexibility index (Phi) is 5.58. The minimum absolute atomic E-state index is 0.353. The number of methoxy groups -OCH3 is 1. The van der Waals surface area contributed by atoms with Crippen LogP contribution in [0.5, 0.6) is 0 Å². The Morgan fingerprint density at radius 1 is 1.40 bits per heavy atom. The summed E-state index contributed by atoms with van der Waals surface area (Å²) in [6.07, 6.45) is 4.95. The fourth-order valence-electron chi connectivity index (χ4n) is 2.66. The second-order valence-electron chi connectivity index (χ2n) is 4.88. The quantitative estimate of drug-likeness (QED) is 0.754. The van der Waals surface area contributed by atoms with Crippen molar-refractivity contribution in [3.05, 3.63) is 0 Å². The molecular weight excluding hydrogens is 190 g/mol. The lowest BCUT2D eigenvalue weighted by Gasteiger charge is -2.37. The normalized spacial score (nSPS) is 29.4. The summed E-state index contributed by atoms with van der Waals surface area (Å²) in [5.74, 6) is 0.762. The Labute approximate surface area is 93.4 Å². The van der Waals surface area contributed by atoms with E-state index in [4.69, 9.17) is 4.74 Å². The predicted octanol–water partition coefficient (Wildman–Crippen LogP) is 1.50. The molecule has 3 heteroatoms. The summed E-state index contributed by atoms with van der Waals surface area (Å²) >= 11 is 0. The van der Waals surface area contributed by atoms with Gasteiger partial charge in [0, 0.05) is 19.7 Å². The van der Waals surface area contributed by atoms with Gasteiger partial charge >= 0.3 is 0 Å². The van der Waals surface area contributed by atoms with Crippen molar-refractivity contribution in [3.63, 3.8) is 0 Å². The molecule has 3 unspecified atom stereocenters. The van der Waals surface area contributed by atoms with Crippen LogP contribution in [0.25, 0.3) is 0 Å². The molecule has 90 valence electrons. The maximum Gasteiger partial charge on any atom is 0.0900 e. The number of ether oxygens (including phenoxy) is 1. The maximum absolute atomic E-state index is 9.67. The van der Waals surface area contributed by atoms with Crippen LogP contribution < -0.4 is 0 Å². The van der Waals surface area contributed by atoms with Gasteiger partial charge in [-0.05, 0) is 25.8 Å². The lowest BCUT2D eigenvalue weighted by Crippen LogP contribution is -2.43. The number of hydrogen-bond acceptors (Lipinski definition) is 3. The van der Waals surface area contributed by atoms with Crippen molar-refractivity contribution < 1.29 is 9.84 Å². The molecular formula is C12H25NO2. The van der Waals surface area contributed by atoms with Gasteiger partial charge in [0.1, 0.15) is 0 Å². The van der Waals surface area contributed by atoms with Gasteiger partial charge in [-0.15, -0.1) is 0 Å². The molecule has 3 nitrogen and oxygen atoms in total. The molecule has 1 saturated carbocycles. The van der Waals surface area contributed by atoms with Gasteiger partial charge in [-0.25, -0.2) is 0 Å². The van der Waals surface area contributed by atoms with Crippen molar-refractivity contribution in [1.82, 2.24) is 4.90 Å². The van der Waals surface area contributed by atoms with E-state index in [0.29, 0.717) is 12.6 Å². The molecule has 0 radical (unpaired) electrons. The highest BCUT2D eigenvalue weighted by atomic mass is 16.5. The van der Waals surface area contributed by atoms with Crippen molar-refractivity contribution >= 4 is 0 Å². The first kappa shape index (κ1) is 12.9. The SMILES string of the molecule is COCC(O)CN(C)C1CCCCC1C. The molecule has 1 aliphatic carbocycles. The Bertz CT molecular complexity index is 175. The first-order valence-corrected chi connectivity index (χ1v) is 6.02. The summed E-state index contributed by atoms with van der Waals surface area (Å²) in [6, 6.07) is 0.644. The van der Waals surface area contributed by atoms with Gasteiger partial charge in [0.15, 0.2) is 0 Å². The van der Waals surface area contributed by atoms with Crippen LogP contribution in [0.1, 0.15) is 32.6 Å². The number of nitrogens with zero attached hydrogens (tertiary/aromatic N) is 1. The van der Waals surface area contributed by atoms with Gasteiger partial charge in [0.2, 0.25) is 0 Å². The highest BCUT2D eigenvalue weighted by Crippen LogP contribution is 2.27. The first-order chi connectivity index (χ1) is 7.15. The average Bonchev–Trinajstić information content (AvgIpc) is 2.18. The highest BCUT2D eigenvalue weighted by Gasteiger charge is 2.25. The highest BCUT2D eigenvalue weighted by molar-refractivity contribution is 4.80. The third-order valence-electron chi connectivity index (χ3n) is 3.49. The standard InChI is InChI=1S/C12H25NO2/c1-10-6-4-5-7-12(10)13(2)8-11(14)9-15-3/h10-12,14H,4-9H2,1-3H3. The molecule has 15 heavy (non-hydrogen) atoms. The van der Waals surface area contributed by atoms with Gasteiger partial charge in [-0.1, -0.05) is 19.8 Å². The number of likely N-dealkylation sites (N-methyl/N-ethyl adjacent to an activating group) is 1. The zero-order chi connectivity index (χ0) is 11.3. The molecule has 3 atom stereocenters. The van der Waals surface area contributed by atoms with Crippen molar-refractivity contribution in [2.45, 2.75) is 44.8 Å². The fraction of sp³-hybridized carbons (Fsp3) is 1.00. The summed E-state index contributed by atoms with van der Waals surface area (Å²) < 4.78 is 4.94. The van der Waals surface area contributed by atoms with Crippen LogP contribution in [-0.2, 0) is 4.74 Å². The van der Waals surface area contributed by atoms with E-state index < -0.39 is 0 Å². The molecule has 0 aliphatic heterocycles. The van der Waals surface area contributed by atoms with Crippen LogP contribution in [-0.4, -0.2) is 49.5 Å². The zero-order valence-corrected chi connectivity index (χ0v) is 10.3. The largest absolute Gasteiger partial charge is 0.389 e. The summed E-state index contributed by atoms with van der Waals surface area (Å²) in [6.45, 7) is 3.48. The third-order valence-corrected chi connectivity index (χ3v) is 3.49. The monoisotopic (exact) mass is 215 g/mol. The van der Waals surface area contributed by atoms with Crippen LogP contribution in [0.2, 0.25) is 0 Å². The number of rotatable bonds is 5. The van der Waals surface area contributed by atoms with Crippen LogP contribution in [0.4, 0.5) is 0 Å². The summed E-state index contributed by atoms with van der Waals surface area (Å²) in [7, 11) is 3.75. The van der Waals surface area contributed by atoms with Gasteiger partial charge in [0.25, 0.3) is 0 Å². The lowest BCUT2D eigenvalue weighted by molar-refractivity contribution is 0.0219. The van der Waals surface area contributed by atoms with Crippen molar-refractivity contribution in [3.8, 4) is 0 Å². The van der Waals surface area contributed by atoms with Crippen LogP contribution >= 0.6 is 0 Å². The third kappa shape index (κ3) is 4.09. The molecule has 0 aromatic carbocycles. The molecule has 0 bridgehead atoms. The Morgan fingerprint density at radius 2 is 2.07 bits per heavy atom. The number of hydrogen-bond donors (Lipinski definition) is 1. The van der Waals surface area contributed by atoms with Crippen LogP contribution in [0.15, 0.2) is 0 Å². The zero-order valence-electron chi connectivity index (χ0n) is 10.3. The molecule has 1 rings (SSSR count). The molecule has 1 fully saturated rings. The van der Waals surface area contributed by atoms with E-state index in [0.717, 1.165) is 12.5 Å². The number of aliphatic hydroxyl groups excluding tert-OH is 1. The molecule has 0 spiro atoms. The summed E-state index contributed by atoms with van der Waals surface area (Å²) in [5, 5.41) is 9.67.